The summed E-state index contributed by atoms with van der Waals surface area (Å²) in [4.78, 5) is 28.6. The second-order valence-electron chi connectivity index (χ2n) is 8.23. The first-order chi connectivity index (χ1) is 11.2. The molecule has 1 saturated heterocycles. The Balaban J connectivity index is 1.68. The molecule has 6 heteroatoms. The fourth-order valence-corrected chi connectivity index (χ4v) is 3.44. The largest absolute Gasteiger partial charge is 0.444 e. The minimum atomic E-state index is -0.462. The van der Waals surface area contributed by atoms with E-state index in [9.17, 15) is 9.59 Å². The van der Waals surface area contributed by atoms with E-state index >= 15 is 0 Å². The molecule has 1 heterocycles. The van der Waals surface area contributed by atoms with Crippen molar-refractivity contribution in [2.24, 2.45) is 11.8 Å². The number of amides is 2. The van der Waals surface area contributed by atoms with Crippen LogP contribution in [0.2, 0.25) is 0 Å². The van der Waals surface area contributed by atoms with Crippen molar-refractivity contribution >= 4 is 12.0 Å². The molecule has 2 amide bonds. The molecule has 2 rings (SSSR count). The Morgan fingerprint density at radius 2 is 1.62 bits per heavy atom. The highest BCUT2D eigenvalue weighted by Gasteiger charge is 2.30. The Morgan fingerprint density at radius 1 is 1.04 bits per heavy atom. The van der Waals surface area contributed by atoms with Crippen molar-refractivity contribution in [1.29, 1.82) is 0 Å². The van der Waals surface area contributed by atoms with Crippen molar-refractivity contribution in [1.82, 2.24) is 15.1 Å². The number of rotatable bonds is 3. The van der Waals surface area contributed by atoms with Crippen LogP contribution in [0, 0.1) is 11.8 Å². The smallest absolute Gasteiger partial charge is 0.407 e. The van der Waals surface area contributed by atoms with Gasteiger partial charge in [0.25, 0.3) is 0 Å². The summed E-state index contributed by atoms with van der Waals surface area (Å²) in [6.07, 6.45) is 3.52. The van der Waals surface area contributed by atoms with Crippen molar-refractivity contribution in [2.75, 3.05) is 39.8 Å². The van der Waals surface area contributed by atoms with Crippen LogP contribution in [0.25, 0.3) is 0 Å². The number of alkyl carbamates (subject to hydrolysis) is 1. The summed E-state index contributed by atoms with van der Waals surface area (Å²) >= 11 is 0. The minimum absolute atomic E-state index is 0.172. The third-order valence-electron chi connectivity index (χ3n) is 4.94. The molecule has 0 aromatic carbocycles. The van der Waals surface area contributed by atoms with Crippen LogP contribution in [0.1, 0.15) is 46.5 Å². The molecule has 1 N–H and O–H groups in total. The van der Waals surface area contributed by atoms with E-state index in [1.165, 1.54) is 0 Å². The van der Waals surface area contributed by atoms with Crippen LogP contribution in [0.4, 0.5) is 4.79 Å². The van der Waals surface area contributed by atoms with Gasteiger partial charge in [-0.25, -0.2) is 4.79 Å². The second kappa shape index (κ2) is 8.19. The molecule has 138 valence electrons. The van der Waals surface area contributed by atoms with Crippen molar-refractivity contribution in [3.8, 4) is 0 Å². The average molecular weight is 339 g/mol. The van der Waals surface area contributed by atoms with Gasteiger partial charge in [-0.1, -0.05) is 0 Å². The van der Waals surface area contributed by atoms with Crippen LogP contribution in [0.5, 0.6) is 0 Å². The van der Waals surface area contributed by atoms with E-state index in [0.29, 0.717) is 18.4 Å². The quantitative estimate of drug-likeness (QED) is 0.855. The van der Waals surface area contributed by atoms with Crippen molar-refractivity contribution in [3.63, 3.8) is 0 Å². The zero-order valence-corrected chi connectivity index (χ0v) is 15.6. The summed E-state index contributed by atoms with van der Waals surface area (Å²) < 4.78 is 5.26. The van der Waals surface area contributed by atoms with E-state index < -0.39 is 5.60 Å². The highest BCUT2D eigenvalue weighted by molar-refractivity contribution is 5.79. The fourth-order valence-electron chi connectivity index (χ4n) is 3.44. The lowest BCUT2D eigenvalue weighted by Crippen LogP contribution is -2.49. The molecule has 1 aliphatic carbocycles. The van der Waals surface area contributed by atoms with Gasteiger partial charge in [0, 0.05) is 38.6 Å². The lowest BCUT2D eigenvalue weighted by atomic mass is 9.81. The number of hydrogen-bond donors (Lipinski definition) is 1. The number of nitrogens with zero attached hydrogens (tertiary/aromatic N) is 2. The third kappa shape index (κ3) is 5.96. The molecule has 1 aliphatic heterocycles. The Morgan fingerprint density at radius 3 is 2.17 bits per heavy atom. The molecule has 0 atom stereocenters. The van der Waals surface area contributed by atoms with Crippen LogP contribution < -0.4 is 5.32 Å². The van der Waals surface area contributed by atoms with Gasteiger partial charge in [-0.3, -0.25) is 4.79 Å². The Labute approximate surface area is 145 Å². The predicted octanol–water partition coefficient (Wildman–Crippen LogP) is 2.09. The monoisotopic (exact) mass is 339 g/mol. The summed E-state index contributed by atoms with van der Waals surface area (Å²) in [5, 5.41) is 2.86. The number of ether oxygens (including phenoxy) is 1. The highest BCUT2D eigenvalue weighted by Crippen LogP contribution is 2.30. The van der Waals surface area contributed by atoms with Crippen molar-refractivity contribution in [2.45, 2.75) is 52.1 Å². The van der Waals surface area contributed by atoms with Gasteiger partial charge in [0.15, 0.2) is 0 Å². The van der Waals surface area contributed by atoms with Crippen LogP contribution in [-0.2, 0) is 9.53 Å². The molecule has 0 unspecified atom stereocenters. The summed E-state index contributed by atoms with van der Waals surface area (Å²) in [6, 6.07) is 0. The van der Waals surface area contributed by atoms with Gasteiger partial charge < -0.3 is 19.9 Å². The molecule has 0 aromatic heterocycles. The van der Waals surface area contributed by atoms with Crippen LogP contribution in [-0.4, -0.2) is 67.2 Å². The standard InChI is InChI=1S/C18H33N3O3/c1-18(2,3)24-17(23)19-13-14-5-7-15(8-6-14)16(22)21-11-9-20(4)10-12-21/h14-15H,5-13H2,1-4H3,(H,19,23). The second-order valence-corrected chi connectivity index (χ2v) is 8.23. The normalized spacial score (nSPS) is 26.1. The highest BCUT2D eigenvalue weighted by atomic mass is 16.6. The fraction of sp³-hybridized carbons (Fsp3) is 0.889. The molecular formula is C18H33N3O3. The topological polar surface area (TPSA) is 61.9 Å². The zero-order chi connectivity index (χ0) is 17.7. The lowest BCUT2D eigenvalue weighted by molar-refractivity contribution is -0.138. The molecule has 1 saturated carbocycles. The summed E-state index contributed by atoms with van der Waals surface area (Å²) in [6.45, 7) is 9.89. The maximum absolute atomic E-state index is 12.6. The van der Waals surface area contributed by atoms with Gasteiger partial charge in [-0.2, -0.15) is 0 Å². The first-order valence-corrected chi connectivity index (χ1v) is 9.19. The predicted molar refractivity (Wildman–Crippen MR) is 93.8 cm³/mol. The molecule has 0 radical (unpaired) electrons. The molecule has 0 spiro atoms. The van der Waals surface area contributed by atoms with Gasteiger partial charge in [0.1, 0.15) is 5.60 Å². The molecule has 24 heavy (non-hydrogen) atoms. The number of likely N-dealkylation sites (N-methyl/N-ethyl adjacent to an activating group) is 1. The van der Waals surface area contributed by atoms with Crippen LogP contribution in [0.3, 0.4) is 0 Å². The molecule has 2 fully saturated rings. The van der Waals surface area contributed by atoms with E-state index in [1.54, 1.807) is 0 Å². The van der Waals surface area contributed by atoms with Gasteiger partial charge in [-0.05, 0) is 59.4 Å². The minimum Gasteiger partial charge on any atom is -0.444 e. The maximum atomic E-state index is 12.6. The molecule has 2 aliphatic rings. The van der Waals surface area contributed by atoms with Gasteiger partial charge in [-0.15, -0.1) is 0 Å². The van der Waals surface area contributed by atoms with Gasteiger partial charge >= 0.3 is 6.09 Å². The van der Waals surface area contributed by atoms with Crippen molar-refractivity contribution in [3.05, 3.63) is 0 Å². The first kappa shape index (κ1) is 19.0. The van der Waals surface area contributed by atoms with Crippen molar-refractivity contribution < 1.29 is 14.3 Å². The first-order valence-electron chi connectivity index (χ1n) is 9.19. The average Bonchev–Trinajstić information content (AvgIpc) is 2.52. The van der Waals surface area contributed by atoms with E-state index in [2.05, 4.69) is 17.3 Å². The molecule has 0 bridgehead atoms. The van der Waals surface area contributed by atoms with E-state index in [0.717, 1.165) is 51.9 Å². The lowest BCUT2D eigenvalue weighted by Gasteiger charge is -2.36. The number of carbonyl (C=O) groups is 2. The number of carbonyl (C=O) groups excluding carboxylic acids is 2. The van der Waals surface area contributed by atoms with Gasteiger partial charge in [0.05, 0.1) is 0 Å². The Hall–Kier alpha value is -1.30. The van der Waals surface area contributed by atoms with Gasteiger partial charge in [0.2, 0.25) is 5.91 Å². The zero-order valence-electron chi connectivity index (χ0n) is 15.6. The van der Waals surface area contributed by atoms with E-state index in [4.69, 9.17) is 4.74 Å². The van der Waals surface area contributed by atoms with Crippen LogP contribution in [0.15, 0.2) is 0 Å². The number of piperazine rings is 1. The number of nitrogens with one attached hydrogen (secondary N) is 1. The molecular weight excluding hydrogens is 306 g/mol. The molecule has 6 nitrogen and oxygen atoms in total. The van der Waals surface area contributed by atoms with E-state index in [-0.39, 0.29) is 12.0 Å². The SMILES string of the molecule is CN1CCN(C(=O)C2CCC(CNC(=O)OC(C)(C)C)CC2)CC1. The summed E-state index contributed by atoms with van der Waals surface area (Å²) in [7, 11) is 2.10. The van der Waals surface area contributed by atoms with Crippen LogP contribution >= 0.6 is 0 Å². The number of hydrogen-bond acceptors (Lipinski definition) is 4. The maximum Gasteiger partial charge on any atom is 0.407 e. The summed E-state index contributed by atoms with van der Waals surface area (Å²) in [5.41, 5.74) is -0.462. The third-order valence-corrected chi connectivity index (χ3v) is 4.94. The van der Waals surface area contributed by atoms with E-state index in [1.807, 2.05) is 25.7 Å². The molecule has 0 aromatic rings. The Bertz CT molecular complexity index is 431. The Kier molecular flexibility index (Phi) is 6.49. The summed E-state index contributed by atoms with van der Waals surface area (Å²) in [5.74, 6) is 0.960.